The van der Waals surface area contributed by atoms with Crippen molar-refractivity contribution in [3.8, 4) is 0 Å². The molecule has 0 atom stereocenters. The molecule has 0 nitrogen and oxygen atoms in total. The van der Waals surface area contributed by atoms with E-state index < -0.39 is 0 Å². The lowest BCUT2D eigenvalue weighted by Crippen LogP contribution is -1.98. The number of hydrogen-bond donors (Lipinski definition) is 0. The van der Waals surface area contributed by atoms with E-state index in [2.05, 4.69) is 54.7 Å². The summed E-state index contributed by atoms with van der Waals surface area (Å²) in [7, 11) is 2.09. The Labute approximate surface area is 63.8 Å². The average Bonchev–Trinajstić information content (AvgIpc) is 1.77. The second kappa shape index (κ2) is 2.53. The summed E-state index contributed by atoms with van der Waals surface area (Å²) in [5, 5.41) is 0. The van der Waals surface area contributed by atoms with Crippen molar-refractivity contribution in [2.75, 3.05) is 0 Å². The highest BCUT2D eigenvalue weighted by Crippen LogP contribution is 1.98. The van der Waals surface area contributed by atoms with Gasteiger partial charge in [0.05, 0.1) is 0 Å². The Bertz CT molecular complexity index is 147. The Balaban J connectivity index is 3.03. The molecule has 0 fully saturated rings. The van der Waals surface area contributed by atoms with Crippen molar-refractivity contribution in [1.82, 2.24) is 0 Å². The number of benzene rings is 1. The van der Waals surface area contributed by atoms with E-state index in [1.54, 1.807) is 0 Å². The molecule has 8 heavy (non-hydrogen) atoms. The molecule has 0 amide bonds. The fourth-order valence-electron chi connectivity index (χ4n) is 0.533. The van der Waals surface area contributed by atoms with Gasteiger partial charge in [0, 0.05) is 3.57 Å². The van der Waals surface area contributed by atoms with Crippen molar-refractivity contribution < 1.29 is 0 Å². The van der Waals surface area contributed by atoms with Crippen LogP contribution in [-0.2, 0) is 0 Å². The SMILES string of the molecule is Bc1ccc(I)cc1. The van der Waals surface area contributed by atoms with Crippen LogP contribution in [0, 0.1) is 3.57 Å². The van der Waals surface area contributed by atoms with Gasteiger partial charge >= 0.3 is 0 Å². The Morgan fingerprint density at radius 1 is 1.12 bits per heavy atom. The van der Waals surface area contributed by atoms with Crippen LogP contribution in [0.3, 0.4) is 0 Å². The smallest absolute Gasteiger partial charge is 0.0889 e. The summed E-state index contributed by atoms with van der Waals surface area (Å²) in [4.78, 5) is 0. The summed E-state index contributed by atoms with van der Waals surface area (Å²) in [6.45, 7) is 0. The van der Waals surface area contributed by atoms with E-state index in [9.17, 15) is 0 Å². The van der Waals surface area contributed by atoms with Gasteiger partial charge in [-0.25, -0.2) is 0 Å². The third-order valence-electron chi connectivity index (χ3n) is 1.01. The molecular weight excluding hydrogens is 210 g/mol. The van der Waals surface area contributed by atoms with Gasteiger partial charge in [0.1, 0.15) is 7.85 Å². The zero-order valence-electron chi connectivity index (χ0n) is 4.69. The Kier molecular flexibility index (Phi) is 1.94. The molecule has 0 saturated carbocycles. The molecule has 0 aromatic heterocycles. The first-order chi connectivity index (χ1) is 3.79. The minimum absolute atomic E-state index is 1.30. The van der Waals surface area contributed by atoms with E-state index in [4.69, 9.17) is 0 Å². The van der Waals surface area contributed by atoms with Gasteiger partial charge in [0.15, 0.2) is 0 Å². The third kappa shape index (κ3) is 1.51. The monoisotopic (exact) mass is 216 g/mol. The minimum atomic E-state index is 1.30. The van der Waals surface area contributed by atoms with E-state index in [1.165, 1.54) is 9.03 Å². The highest BCUT2D eigenvalue weighted by Gasteiger charge is 1.81. The summed E-state index contributed by atoms with van der Waals surface area (Å²) >= 11 is 2.30. The zero-order valence-corrected chi connectivity index (χ0v) is 6.84. The van der Waals surface area contributed by atoms with Crippen LogP contribution in [0.4, 0.5) is 0 Å². The summed E-state index contributed by atoms with van der Waals surface area (Å²) in [6.07, 6.45) is 0. The van der Waals surface area contributed by atoms with Gasteiger partial charge in [-0.15, -0.1) is 0 Å². The molecule has 1 rings (SSSR count). The zero-order chi connectivity index (χ0) is 5.98. The first kappa shape index (κ1) is 6.14. The van der Waals surface area contributed by atoms with E-state index in [0.717, 1.165) is 0 Å². The maximum absolute atomic E-state index is 2.30. The summed E-state index contributed by atoms with van der Waals surface area (Å²) in [6, 6.07) is 8.44. The van der Waals surface area contributed by atoms with Crippen LogP contribution in [-0.4, -0.2) is 7.85 Å². The molecule has 0 spiro atoms. The highest BCUT2D eigenvalue weighted by molar-refractivity contribution is 14.1. The van der Waals surface area contributed by atoms with Gasteiger partial charge in [-0.05, 0) is 34.7 Å². The van der Waals surface area contributed by atoms with Gasteiger partial charge < -0.3 is 0 Å². The van der Waals surface area contributed by atoms with Crippen LogP contribution in [0.25, 0.3) is 0 Å². The second-order valence-corrected chi connectivity index (χ2v) is 3.04. The molecule has 1 aromatic rings. The normalized spacial score (nSPS) is 9.12. The molecule has 0 heterocycles. The van der Waals surface area contributed by atoms with Crippen molar-refractivity contribution in [2.24, 2.45) is 0 Å². The Morgan fingerprint density at radius 2 is 1.62 bits per heavy atom. The molecule has 0 N–H and O–H groups in total. The fraction of sp³-hybridized carbons (Fsp3) is 0. The fourth-order valence-corrected chi connectivity index (χ4v) is 0.893. The van der Waals surface area contributed by atoms with Gasteiger partial charge in [-0.1, -0.05) is 17.6 Å². The van der Waals surface area contributed by atoms with Crippen molar-refractivity contribution in [3.63, 3.8) is 0 Å². The lowest BCUT2D eigenvalue weighted by atomic mass is 9.97. The summed E-state index contributed by atoms with van der Waals surface area (Å²) in [5.41, 5.74) is 1.32. The minimum Gasteiger partial charge on any atom is -0.0889 e. The molecule has 2 heteroatoms. The molecule has 1 aromatic carbocycles. The van der Waals surface area contributed by atoms with E-state index in [0.29, 0.717) is 0 Å². The van der Waals surface area contributed by atoms with Crippen molar-refractivity contribution in [2.45, 2.75) is 0 Å². The van der Waals surface area contributed by atoms with Crippen LogP contribution < -0.4 is 5.46 Å². The first-order valence-corrected chi connectivity index (χ1v) is 3.59. The van der Waals surface area contributed by atoms with E-state index in [1.807, 2.05) is 0 Å². The predicted molar refractivity (Wildman–Crippen MR) is 47.3 cm³/mol. The highest BCUT2D eigenvalue weighted by atomic mass is 127. The first-order valence-electron chi connectivity index (χ1n) is 2.51. The van der Waals surface area contributed by atoms with Gasteiger partial charge in [-0.2, -0.15) is 0 Å². The van der Waals surface area contributed by atoms with E-state index >= 15 is 0 Å². The van der Waals surface area contributed by atoms with Crippen LogP contribution >= 0.6 is 22.6 Å². The van der Waals surface area contributed by atoms with Crippen molar-refractivity contribution in [3.05, 3.63) is 27.8 Å². The molecule has 0 saturated heterocycles. The van der Waals surface area contributed by atoms with Crippen molar-refractivity contribution >= 4 is 35.9 Å². The van der Waals surface area contributed by atoms with Crippen molar-refractivity contribution in [1.29, 1.82) is 0 Å². The summed E-state index contributed by atoms with van der Waals surface area (Å²) in [5.74, 6) is 0. The van der Waals surface area contributed by atoms with Gasteiger partial charge in [-0.3, -0.25) is 0 Å². The average molecular weight is 216 g/mol. The molecule has 0 aliphatic rings. The molecule has 0 aliphatic carbocycles. The van der Waals surface area contributed by atoms with E-state index in [-0.39, 0.29) is 0 Å². The second-order valence-electron chi connectivity index (χ2n) is 1.80. The predicted octanol–water partition coefficient (Wildman–Crippen LogP) is 0.550. The number of hydrogen-bond acceptors (Lipinski definition) is 0. The largest absolute Gasteiger partial charge is 0.139 e. The van der Waals surface area contributed by atoms with Crippen LogP contribution in [0.2, 0.25) is 0 Å². The Morgan fingerprint density at radius 3 is 2.00 bits per heavy atom. The lowest BCUT2D eigenvalue weighted by Gasteiger charge is -1.88. The Hall–Kier alpha value is 0.0149. The van der Waals surface area contributed by atoms with Crippen LogP contribution in [0.5, 0.6) is 0 Å². The molecular formula is C6H6BI. The lowest BCUT2D eigenvalue weighted by molar-refractivity contribution is 1.69. The third-order valence-corrected chi connectivity index (χ3v) is 1.73. The molecule has 0 unspecified atom stereocenters. The maximum Gasteiger partial charge on any atom is 0.139 e. The number of halogens is 1. The molecule has 0 bridgehead atoms. The summed E-state index contributed by atoms with van der Waals surface area (Å²) < 4.78 is 1.30. The van der Waals surface area contributed by atoms with Gasteiger partial charge in [0.25, 0.3) is 0 Å². The quantitative estimate of drug-likeness (QED) is 0.438. The van der Waals surface area contributed by atoms with Crippen LogP contribution in [0.1, 0.15) is 0 Å². The topological polar surface area (TPSA) is 0 Å². The number of rotatable bonds is 0. The molecule has 40 valence electrons. The van der Waals surface area contributed by atoms with Crippen LogP contribution in [0.15, 0.2) is 24.3 Å². The molecule has 0 aliphatic heterocycles. The van der Waals surface area contributed by atoms with Gasteiger partial charge in [0.2, 0.25) is 0 Å². The molecule has 0 radical (unpaired) electrons. The maximum atomic E-state index is 2.30. The standard InChI is InChI=1S/C6H6BI/c7-5-1-3-6(8)4-2-5/h1-4H,7H2.